The van der Waals surface area contributed by atoms with Gasteiger partial charge in [0.2, 0.25) is 6.39 Å². The topological polar surface area (TPSA) is 68.9 Å². The number of rotatable bonds is 4. The van der Waals surface area contributed by atoms with Crippen LogP contribution < -0.4 is 0 Å². The van der Waals surface area contributed by atoms with Crippen molar-refractivity contribution in [2.45, 2.75) is 6.92 Å². The normalized spacial score (nSPS) is 10.9. The fourth-order valence-electron chi connectivity index (χ4n) is 1.18. The lowest BCUT2D eigenvalue weighted by Gasteiger charge is -1.86. The molecule has 0 fully saturated rings. The molecule has 0 aromatic carbocycles. The quantitative estimate of drug-likeness (QED) is 0.612. The van der Waals surface area contributed by atoms with Gasteiger partial charge < -0.3 is 4.42 Å². The van der Waals surface area contributed by atoms with Crippen LogP contribution in [0.2, 0.25) is 0 Å². The van der Waals surface area contributed by atoms with Crippen LogP contribution in [0.5, 0.6) is 0 Å². The highest BCUT2D eigenvalue weighted by Gasteiger charge is 2.19. The summed E-state index contributed by atoms with van der Waals surface area (Å²) in [6.45, 7) is 5.47. The van der Waals surface area contributed by atoms with E-state index in [0.29, 0.717) is 5.01 Å². The van der Waals surface area contributed by atoms with Crippen LogP contribution in [-0.2, 0) is 0 Å². The van der Waals surface area contributed by atoms with Crippen LogP contribution >= 0.6 is 11.3 Å². The predicted octanol–water partition coefficient (Wildman–Crippen LogP) is 2.26. The summed E-state index contributed by atoms with van der Waals surface area (Å²) in [4.78, 5) is 17.0. The number of aryl methyl sites for hydroxylation is 1. The summed E-state index contributed by atoms with van der Waals surface area (Å²) in [5.74, 6) is -0.396. The Morgan fingerprint density at radius 2 is 2.41 bits per heavy atom. The van der Waals surface area contributed by atoms with Gasteiger partial charge in [0.25, 0.3) is 11.7 Å². The Bertz CT molecular complexity index is 570. The lowest BCUT2D eigenvalue weighted by atomic mass is 10.3. The lowest BCUT2D eigenvalue weighted by Crippen LogP contribution is -2.01. The summed E-state index contributed by atoms with van der Waals surface area (Å²) < 4.78 is 4.84. The van der Waals surface area contributed by atoms with Crippen LogP contribution in [0.3, 0.4) is 0 Å². The zero-order chi connectivity index (χ0) is 12.3. The summed E-state index contributed by atoms with van der Waals surface area (Å²) >= 11 is 1.30. The Hall–Kier alpha value is -2.08. The first-order chi connectivity index (χ1) is 8.22. The van der Waals surface area contributed by atoms with E-state index in [-0.39, 0.29) is 11.7 Å². The fourth-order valence-corrected chi connectivity index (χ4v) is 2.01. The van der Waals surface area contributed by atoms with Gasteiger partial charge in [-0.05, 0) is 13.0 Å². The highest BCUT2D eigenvalue weighted by Crippen LogP contribution is 2.20. The first kappa shape index (κ1) is 11.4. The second-order valence-electron chi connectivity index (χ2n) is 3.13. The summed E-state index contributed by atoms with van der Waals surface area (Å²) in [5.41, 5.74) is 0.748. The molecule has 0 spiro atoms. The molecule has 0 aliphatic carbocycles. The number of aromatic nitrogens is 3. The molecule has 5 nitrogen and oxygen atoms in total. The molecule has 0 atom stereocenters. The number of allylic oxidation sites excluding steroid dienone is 2. The molecule has 0 aliphatic rings. The molecule has 0 N–H and O–H groups in total. The van der Waals surface area contributed by atoms with Crippen LogP contribution in [0.4, 0.5) is 0 Å². The fraction of sp³-hybridized carbons (Fsp3) is 0.0909. The van der Waals surface area contributed by atoms with Crippen molar-refractivity contribution in [1.82, 2.24) is 15.2 Å². The molecule has 2 aromatic heterocycles. The van der Waals surface area contributed by atoms with Gasteiger partial charge in [-0.1, -0.05) is 18.7 Å². The van der Waals surface area contributed by atoms with E-state index in [4.69, 9.17) is 4.42 Å². The molecule has 2 heterocycles. The molecule has 2 rings (SSSR count). The van der Waals surface area contributed by atoms with E-state index < -0.39 is 0 Å². The lowest BCUT2D eigenvalue weighted by molar-refractivity contribution is 0.100. The average molecular weight is 247 g/mol. The second-order valence-corrected chi connectivity index (χ2v) is 4.33. The van der Waals surface area contributed by atoms with Crippen molar-refractivity contribution in [3.05, 3.63) is 46.6 Å². The van der Waals surface area contributed by atoms with Crippen molar-refractivity contribution >= 4 is 23.2 Å². The maximum absolute atomic E-state index is 11.9. The minimum absolute atomic E-state index is 0.0435. The number of carbonyl (C=O) groups excluding carboxylic acids is 1. The summed E-state index contributed by atoms with van der Waals surface area (Å²) in [6, 6.07) is 0. The third-order valence-electron chi connectivity index (χ3n) is 1.97. The molecule has 86 valence electrons. The molecular weight excluding hydrogens is 238 g/mol. The monoisotopic (exact) mass is 247 g/mol. The van der Waals surface area contributed by atoms with Crippen molar-refractivity contribution in [2.24, 2.45) is 0 Å². The highest BCUT2D eigenvalue weighted by atomic mass is 32.1. The van der Waals surface area contributed by atoms with Crippen molar-refractivity contribution in [3.8, 4) is 0 Å². The molecule has 0 saturated heterocycles. The Kier molecular flexibility index (Phi) is 3.24. The molecule has 0 radical (unpaired) electrons. The Morgan fingerprint density at radius 3 is 3.06 bits per heavy atom. The third-order valence-corrected chi connectivity index (χ3v) is 2.96. The number of carbonyl (C=O) groups is 1. The smallest absolute Gasteiger partial charge is 0.291 e. The van der Waals surface area contributed by atoms with E-state index in [2.05, 4.69) is 21.8 Å². The van der Waals surface area contributed by atoms with Gasteiger partial charge in [0.05, 0.1) is 5.69 Å². The van der Waals surface area contributed by atoms with E-state index >= 15 is 0 Å². The van der Waals surface area contributed by atoms with Gasteiger partial charge in [-0.3, -0.25) is 4.79 Å². The molecule has 0 amide bonds. The van der Waals surface area contributed by atoms with Gasteiger partial charge in [-0.25, -0.2) is 4.98 Å². The van der Waals surface area contributed by atoms with Gasteiger partial charge >= 0.3 is 0 Å². The van der Waals surface area contributed by atoms with E-state index in [1.165, 1.54) is 11.3 Å². The van der Waals surface area contributed by atoms with Crippen LogP contribution in [0.1, 0.15) is 26.3 Å². The van der Waals surface area contributed by atoms with Crippen LogP contribution in [0.15, 0.2) is 29.5 Å². The van der Waals surface area contributed by atoms with Crippen LogP contribution in [0.25, 0.3) is 6.08 Å². The van der Waals surface area contributed by atoms with Gasteiger partial charge in [0, 0.05) is 4.88 Å². The van der Waals surface area contributed by atoms with Crippen LogP contribution in [-0.4, -0.2) is 21.0 Å². The molecule has 0 bridgehead atoms. The summed E-state index contributed by atoms with van der Waals surface area (Å²) in [7, 11) is 0. The third kappa shape index (κ3) is 2.36. The molecule has 6 heteroatoms. The molecular formula is C11H9N3O2S. The van der Waals surface area contributed by atoms with Crippen molar-refractivity contribution in [3.63, 3.8) is 0 Å². The molecule has 0 unspecified atom stereocenters. The molecule has 0 aliphatic heterocycles. The van der Waals surface area contributed by atoms with Crippen molar-refractivity contribution in [1.29, 1.82) is 0 Å². The number of nitrogens with zero attached hydrogens (tertiary/aromatic N) is 3. The number of ketones is 1. The number of hydrogen-bond donors (Lipinski definition) is 0. The first-order valence-electron chi connectivity index (χ1n) is 4.79. The van der Waals surface area contributed by atoms with E-state index in [9.17, 15) is 4.79 Å². The first-order valence-corrected chi connectivity index (χ1v) is 5.61. The minimum atomic E-state index is -0.353. The predicted molar refractivity (Wildman–Crippen MR) is 63.8 cm³/mol. The van der Waals surface area contributed by atoms with E-state index in [1.807, 2.05) is 6.92 Å². The maximum Gasteiger partial charge on any atom is 0.291 e. The van der Waals surface area contributed by atoms with Gasteiger partial charge in [0.15, 0.2) is 5.01 Å². The Morgan fingerprint density at radius 1 is 1.59 bits per heavy atom. The Balaban J connectivity index is 2.32. The number of hydrogen-bond acceptors (Lipinski definition) is 6. The number of thiazole rings is 1. The molecule has 0 saturated carbocycles. The largest absolute Gasteiger partial charge is 0.421 e. The average Bonchev–Trinajstić information content (AvgIpc) is 2.95. The molecule has 2 aromatic rings. The summed E-state index contributed by atoms with van der Waals surface area (Å²) in [6.07, 6.45) is 6.33. The summed E-state index contributed by atoms with van der Waals surface area (Å²) in [5, 5.41) is 7.36. The van der Waals surface area contributed by atoms with Gasteiger partial charge in [0.1, 0.15) is 0 Å². The highest BCUT2D eigenvalue weighted by molar-refractivity contribution is 7.13. The SMILES string of the molecule is C=C/C=C\c1nc(C(=O)c2nnco2)sc1C. The maximum atomic E-state index is 11.9. The van der Waals surface area contributed by atoms with E-state index in [1.54, 1.807) is 18.2 Å². The molecule has 17 heavy (non-hydrogen) atoms. The zero-order valence-electron chi connectivity index (χ0n) is 9.08. The van der Waals surface area contributed by atoms with Gasteiger partial charge in [-0.2, -0.15) is 0 Å². The standard InChI is InChI=1S/C11H9N3O2S/c1-3-4-5-8-7(2)17-11(13-8)9(15)10-14-12-6-16-10/h3-6H,1H2,2H3/b5-4-. The second kappa shape index (κ2) is 4.84. The van der Waals surface area contributed by atoms with Gasteiger partial charge in [-0.15, -0.1) is 21.5 Å². The van der Waals surface area contributed by atoms with E-state index in [0.717, 1.165) is 17.0 Å². The Labute approximate surface area is 102 Å². The van der Waals surface area contributed by atoms with Crippen molar-refractivity contribution in [2.75, 3.05) is 0 Å². The minimum Gasteiger partial charge on any atom is -0.421 e. The van der Waals surface area contributed by atoms with Crippen LogP contribution in [0, 0.1) is 6.92 Å². The zero-order valence-corrected chi connectivity index (χ0v) is 9.90. The van der Waals surface area contributed by atoms with Crippen molar-refractivity contribution < 1.29 is 9.21 Å².